The molecule has 82 valence electrons. The summed E-state index contributed by atoms with van der Waals surface area (Å²) in [4.78, 5) is 14.4. The van der Waals surface area contributed by atoms with Crippen molar-refractivity contribution in [2.24, 2.45) is 0 Å². The van der Waals surface area contributed by atoms with Crippen molar-refractivity contribution in [3.63, 3.8) is 0 Å². The largest absolute Gasteiger partial charge is 0.334 e. The molecule has 16 heavy (non-hydrogen) atoms. The summed E-state index contributed by atoms with van der Waals surface area (Å²) in [6.45, 7) is 1.88. The number of nitro groups is 1. The van der Waals surface area contributed by atoms with E-state index in [2.05, 4.69) is 10.1 Å². The normalized spacial score (nSPS) is 10.3. The summed E-state index contributed by atoms with van der Waals surface area (Å²) >= 11 is 0. The third kappa shape index (κ3) is 1.77. The molecule has 0 bridgehead atoms. The zero-order valence-corrected chi connectivity index (χ0v) is 8.58. The first-order valence-corrected chi connectivity index (χ1v) is 4.78. The van der Waals surface area contributed by atoms with Crippen molar-refractivity contribution in [1.82, 2.24) is 10.1 Å². The Labute approximate surface area is 91.1 Å². The van der Waals surface area contributed by atoms with E-state index >= 15 is 0 Å². The highest BCUT2D eigenvalue weighted by Gasteiger charge is 2.19. The number of aryl methyl sites for hydroxylation is 1. The van der Waals surface area contributed by atoms with E-state index in [1.54, 1.807) is 18.2 Å². The molecular weight excluding hydrogens is 210 g/mol. The highest BCUT2D eigenvalue weighted by atomic mass is 16.6. The van der Waals surface area contributed by atoms with Gasteiger partial charge in [-0.3, -0.25) is 10.1 Å². The van der Waals surface area contributed by atoms with Crippen LogP contribution in [0.5, 0.6) is 0 Å². The van der Waals surface area contributed by atoms with Gasteiger partial charge in [-0.25, -0.2) is 0 Å². The number of nitro benzene ring substituents is 1. The van der Waals surface area contributed by atoms with Crippen LogP contribution in [-0.2, 0) is 6.42 Å². The van der Waals surface area contributed by atoms with E-state index < -0.39 is 4.92 Å². The number of nitrogens with zero attached hydrogens (tertiary/aromatic N) is 3. The lowest BCUT2D eigenvalue weighted by molar-refractivity contribution is -0.384. The van der Waals surface area contributed by atoms with Crippen molar-refractivity contribution < 1.29 is 9.45 Å². The molecule has 0 spiro atoms. The number of hydrogen-bond acceptors (Lipinski definition) is 5. The molecule has 0 fully saturated rings. The smallest absolute Gasteiger partial charge is 0.282 e. The van der Waals surface area contributed by atoms with Crippen LogP contribution in [-0.4, -0.2) is 15.1 Å². The fraction of sp³-hybridized carbons (Fsp3) is 0.200. The molecule has 0 aliphatic carbocycles. The molecule has 1 aromatic heterocycles. The van der Waals surface area contributed by atoms with E-state index in [4.69, 9.17) is 4.52 Å². The molecule has 0 N–H and O–H groups in total. The van der Waals surface area contributed by atoms with Crippen molar-refractivity contribution in [2.45, 2.75) is 13.3 Å². The summed E-state index contributed by atoms with van der Waals surface area (Å²) in [6.07, 6.45) is 0.629. The SMILES string of the molecule is CCc1noc(-c2ccccc2[N+](=O)[O-])n1. The van der Waals surface area contributed by atoms with E-state index in [-0.39, 0.29) is 11.6 Å². The number of para-hydroxylation sites is 1. The maximum Gasteiger partial charge on any atom is 0.282 e. The summed E-state index contributed by atoms with van der Waals surface area (Å²) in [6, 6.07) is 6.28. The predicted octanol–water partition coefficient (Wildman–Crippen LogP) is 2.21. The quantitative estimate of drug-likeness (QED) is 0.583. The minimum absolute atomic E-state index is 0.0335. The summed E-state index contributed by atoms with van der Waals surface area (Å²) in [7, 11) is 0. The minimum atomic E-state index is -0.467. The molecule has 2 rings (SSSR count). The van der Waals surface area contributed by atoms with Gasteiger partial charge in [0.25, 0.3) is 11.6 Å². The molecular formula is C10H9N3O3. The fourth-order valence-corrected chi connectivity index (χ4v) is 1.32. The van der Waals surface area contributed by atoms with Gasteiger partial charge in [-0.15, -0.1) is 0 Å². The Balaban J connectivity index is 2.50. The Morgan fingerprint density at radius 2 is 2.19 bits per heavy atom. The van der Waals surface area contributed by atoms with Crippen LogP contribution in [0.4, 0.5) is 5.69 Å². The molecule has 1 heterocycles. The summed E-state index contributed by atoms with van der Waals surface area (Å²) in [5.41, 5.74) is 0.313. The van der Waals surface area contributed by atoms with Gasteiger partial charge >= 0.3 is 0 Å². The molecule has 0 saturated heterocycles. The van der Waals surface area contributed by atoms with E-state index in [0.717, 1.165) is 0 Å². The first kappa shape index (κ1) is 10.3. The number of benzene rings is 1. The van der Waals surface area contributed by atoms with Crippen LogP contribution in [0.1, 0.15) is 12.7 Å². The molecule has 0 atom stereocenters. The van der Waals surface area contributed by atoms with Crippen molar-refractivity contribution in [3.05, 3.63) is 40.2 Å². The van der Waals surface area contributed by atoms with Crippen LogP contribution in [0.3, 0.4) is 0 Å². The molecule has 0 unspecified atom stereocenters. The molecule has 0 aliphatic rings. The Morgan fingerprint density at radius 3 is 2.81 bits per heavy atom. The molecule has 0 amide bonds. The molecule has 0 saturated carbocycles. The molecule has 0 aliphatic heterocycles. The molecule has 6 nitrogen and oxygen atoms in total. The lowest BCUT2D eigenvalue weighted by atomic mass is 10.2. The fourth-order valence-electron chi connectivity index (χ4n) is 1.32. The maximum absolute atomic E-state index is 10.8. The number of aromatic nitrogens is 2. The highest BCUT2D eigenvalue weighted by molar-refractivity contribution is 5.66. The second-order valence-corrected chi connectivity index (χ2v) is 3.14. The third-order valence-electron chi connectivity index (χ3n) is 2.12. The van der Waals surface area contributed by atoms with Gasteiger partial charge in [-0.1, -0.05) is 24.2 Å². The summed E-state index contributed by atoms with van der Waals surface area (Å²) < 4.78 is 4.97. The third-order valence-corrected chi connectivity index (χ3v) is 2.12. The number of hydrogen-bond donors (Lipinski definition) is 0. The van der Waals surface area contributed by atoms with E-state index in [1.165, 1.54) is 6.07 Å². The lowest BCUT2D eigenvalue weighted by Crippen LogP contribution is -1.91. The van der Waals surface area contributed by atoms with Crippen molar-refractivity contribution in [2.75, 3.05) is 0 Å². The van der Waals surface area contributed by atoms with Crippen LogP contribution in [0.15, 0.2) is 28.8 Å². The van der Waals surface area contributed by atoms with Crippen LogP contribution in [0.2, 0.25) is 0 Å². The zero-order valence-electron chi connectivity index (χ0n) is 8.58. The van der Waals surface area contributed by atoms with Crippen LogP contribution < -0.4 is 0 Å². The van der Waals surface area contributed by atoms with Gasteiger partial charge in [-0.05, 0) is 6.07 Å². The Morgan fingerprint density at radius 1 is 1.44 bits per heavy atom. The standard InChI is InChI=1S/C10H9N3O3/c1-2-9-11-10(16-12-9)7-5-3-4-6-8(7)13(14)15/h3-6H,2H2,1H3. The Kier molecular flexibility index (Phi) is 2.63. The average molecular weight is 219 g/mol. The minimum Gasteiger partial charge on any atom is -0.334 e. The second kappa shape index (κ2) is 4.09. The topological polar surface area (TPSA) is 82.1 Å². The zero-order chi connectivity index (χ0) is 11.5. The molecule has 1 aromatic carbocycles. The average Bonchev–Trinajstić information content (AvgIpc) is 2.77. The second-order valence-electron chi connectivity index (χ2n) is 3.14. The highest BCUT2D eigenvalue weighted by Crippen LogP contribution is 2.27. The van der Waals surface area contributed by atoms with E-state index in [1.807, 2.05) is 6.92 Å². The van der Waals surface area contributed by atoms with Gasteiger partial charge in [0.1, 0.15) is 5.56 Å². The Hall–Kier alpha value is -2.24. The first-order chi connectivity index (χ1) is 7.72. The predicted molar refractivity (Wildman–Crippen MR) is 55.8 cm³/mol. The van der Waals surface area contributed by atoms with Crippen molar-refractivity contribution >= 4 is 5.69 Å². The maximum atomic E-state index is 10.8. The molecule has 0 radical (unpaired) electrons. The van der Waals surface area contributed by atoms with Crippen LogP contribution >= 0.6 is 0 Å². The van der Waals surface area contributed by atoms with Gasteiger partial charge in [-0.2, -0.15) is 4.98 Å². The Bertz CT molecular complexity index is 522. The van der Waals surface area contributed by atoms with Gasteiger partial charge < -0.3 is 4.52 Å². The molecule has 2 aromatic rings. The summed E-state index contributed by atoms with van der Waals surface area (Å²) in [5.74, 6) is 0.720. The lowest BCUT2D eigenvalue weighted by Gasteiger charge is -1.95. The van der Waals surface area contributed by atoms with Gasteiger partial charge in [0.2, 0.25) is 0 Å². The van der Waals surface area contributed by atoms with Crippen molar-refractivity contribution in [3.8, 4) is 11.5 Å². The summed E-state index contributed by atoms with van der Waals surface area (Å²) in [5, 5.41) is 14.5. The first-order valence-electron chi connectivity index (χ1n) is 4.78. The van der Waals surface area contributed by atoms with Gasteiger partial charge in [0.05, 0.1) is 4.92 Å². The molecule has 6 heteroatoms. The monoisotopic (exact) mass is 219 g/mol. The van der Waals surface area contributed by atoms with Crippen LogP contribution in [0.25, 0.3) is 11.5 Å². The number of rotatable bonds is 3. The van der Waals surface area contributed by atoms with Gasteiger partial charge in [0.15, 0.2) is 5.82 Å². The van der Waals surface area contributed by atoms with E-state index in [9.17, 15) is 10.1 Å². The van der Waals surface area contributed by atoms with Crippen LogP contribution in [0, 0.1) is 10.1 Å². The van der Waals surface area contributed by atoms with Crippen molar-refractivity contribution in [1.29, 1.82) is 0 Å². The van der Waals surface area contributed by atoms with E-state index in [0.29, 0.717) is 17.8 Å². The van der Waals surface area contributed by atoms with Gasteiger partial charge in [0, 0.05) is 12.5 Å².